The number of nitrogens with one attached hydrogen (secondary N) is 2. The van der Waals surface area contributed by atoms with Gasteiger partial charge >= 0.3 is 12.1 Å². The normalized spacial score (nSPS) is 14.0. The highest BCUT2D eigenvalue weighted by molar-refractivity contribution is 6.12. The molecular weight excluding hydrogens is 568 g/mol. The molecule has 10 heteroatoms. The van der Waals surface area contributed by atoms with Crippen molar-refractivity contribution in [2.75, 3.05) is 5.32 Å². The van der Waals surface area contributed by atoms with E-state index in [-0.39, 0.29) is 24.0 Å². The van der Waals surface area contributed by atoms with Crippen LogP contribution in [0, 0.1) is 17.0 Å². The standard InChI is InChI=1S/C34H37F2N3O5/c1-34(2,3)44-33(42)39(31(23-9-5-4-6-10-23)32(41)43-26-11-7-8-12-26)21-22-13-16-25(17-14-22)38-30(37)20-29(40)27-18-15-24(35)19-28(27)36/h4-6,9-10,13-19,26,31H,7-8,11-12,20-21H2,1-3H3,(H2,37,38)/t31-/m0/s1. The first-order valence-electron chi connectivity index (χ1n) is 14.6. The number of benzene rings is 3. The van der Waals surface area contributed by atoms with Crippen LogP contribution in [0.25, 0.3) is 0 Å². The predicted molar refractivity (Wildman–Crippen MR) is 162 cm³/mol. The van der Waals surface area contributed by atoms with Crippen LogP contribution in [-0.4, -0.2) is 40.3 Å². The van der Waals surface area contributed by atoms with E-state index in [0.717, 1.165) is 37.8 Å². The summed E-state index contributed by atoms with van der Waals surface area (Å²) in [4.78, 5) is 41.0. The molecule has 1 amide bonds. The van der Waals surface area contributed by atoms with Gasteiger partial charge in [0.05, 0.1) is 18.5 Å². The third-order valence-electron chi connectivity index (χ3n) is 7.03. The molecule has 0 unspecified atom stereocenters. The summed E-state index contributed by atoms with van der Waals surface area (Å²) < 4.78 is 38.8. The minimum atomic E-state index is -1.05. The SMILES string of the molecule is CC(C)(C)OC(=O)N(Cc1ccc(NC(=N)CC(=O)c2ccc(F)cc2F)cc1)[C@H](C(=O)OC1CCCC1)c1ccccc1. The van der Waals surface area contributed by atoms with Crippen LogP contribution in [0.4, 0.5) is 19.3 Å². The lowest BCUT2D eigenvalue weighted by atomic mass is 10.0. The van der Waals surface area contributed by atoms with E-state index in [4.69, 9.17) is 14.9 Å². The molecule has 1 aliphatic rings. The number of amides is 1. The van der Waals surface area contributed by atoms with Gasteiger partial charge < -0.3 is 14.8 Å². The summed E-state index contributed by atoms with van der Waals surface area (Å²) in [5, 5.41) is 11.0. The van der Waals surface area contributed by atoms with E-state index in [1.165, 1.54) is 4.90 Å². The van der Waals surface area contributed by atoms with Crippen molar-refractivity contribution in [1.29, 1.82) is 5.41 Å². The zero-order valence-electron chi connectivity index (χ0n) is 25.1. The molecule has 44 heavy (non-hydrogen) atoms. The van der Waals surface area contributed by atoms with Crippen LogP contribution in [0.3, 0.4) is 0 Å². The van der Waals surface area contributed by atoms with Crippen molar-refractivity contribution in [3.05, 3.63) is 101 Å². The van der Waals surface area contributed by atoms with Gasteiger partial charge in [0.1, 0.15) is 29.2 Å². The van der Waals surface area contributed by atoms with Gasteiger partial charge in [-0.3, -0.25) is 15.1 Å². The molecule has 0 heterocycles. The van der Waals surface area contributed by atoms with Crippen LogP contribution in [0.15, 0.2) is 72.8 Å². The number of carbonyl (C=O) groups excluding carboxylic acids is 3. The fourth-order valence-electron chi connectivity index (χ4n) is 4.98. The molecule has 0 bridgehead atoms. The molecule has 232 valence electrons. The maximum atomic E-state index is 14.0. The number of esters is 1. The molecule has 0 radical (unpaired) electrons. The minimum absolute atomic E-state index is 0.0221. The first-order valence-corrected chi connectivity index (χ1v) is 14.6. The molecule has 1 aliphatic carbocycles. The Morgan fingerprint density at radius 1 is 0.977 bits per heavy atom. The molecule has 8 nitrogen and oxygen atoms in total. The van der Waals surface area contributed by atoms with E-state index in [1.807, 2.05) is 6.07 Å². The molecule has 3 aromatic carbocycles. The largest absolute Gasteiger partial charge is 0.461 e. The van der Waals surface area contributed by atoms with Gasteiger partial charge in [0, 0.05) is 11.8 Å². The average molecular weight is 606 g/mol. The first-order chi connectivity index (χ1) is 20.9. The summed E-state index contributed by atoms with van der Waals surface area (Å²) in [6, 6.07) is 17.4. The second kappa shape index (κ2) is 14.2. The molecule has 1 fully saturated rings. The number of anilines is 1. The van der Waals surface area contributed by atoms with Crippen molar-refractivity contribution in [2.45, 2.75) is 77.2 Å². The van der Waals surface area contributed by atoms with Gasteiger partial charge in [0.2, 0.25) is 0 Å². The van der Waals surface area contributed by atoms with E-state index < -0.39 is 47.5 Å². The summed E-state index contributed by atoms with van der Waals surface area (Å²) in [6.45, 7) is 5.28. The minimum Gasteiger partial charge on any atom is -0.461 e. The van der Waals surface area contributed by atoms with Crippen LogP contribution >= 0.6 is 0 Å². The van der Waals surface area contributed by atoms with Crippen LogP contribution in [0.2, 0.25) is 0 Å². The van der Waals surface area contributed by atoms with Crippen LogP contribution < -0.4 is 5.32 Å². The van der Waals surface area contributed by atoms with E-state index in [0.29, 0.717) is 22.9 Å². The Balaban J connectivity index is 1.52. The molecule has 0 spiro atoms. The van der Waals surface area contributed by atoms with Crippen LogP contribution in [-0.2, 0) is 20.8 Å². The number of carbonyl (C=O) groups is 3. The molecule has 2 N–H and O–H groups in total. The molecule has 1 saturated carbocycles. The molecule has 1 atom stereocenters. The van der Waals surface area contributed by atoms with E-state index >= 15 is 0 Å². The topological polar surface area (TPSA) is 109 Å². The van der Waals surface area contributed by atoms with Crippen LogP contribution in [0.1, 0.15) is 80.4 Å². The highest BCUT2D eigenvalue weighted by Gasteiger charge is 2.37. The summed E-state index contributed by atoms with van der Waals surface area (Å²) >= 11 is 0. The Kier molecular flexibility index (Phi) is 10.5. The zero-order valence-corrected chi connectivity index (χ0v) is 25.1. The van der Waals surface area contributed by atoms with E-state index in [9.17, 15) is 23.2 Å². The molecule has 3 aromatic rings. The maximum absolute atomic E-state index is 14.0. The Hall–Kier alpha value is -4.60. The number of nitrogens with zero attached hydrogens (tertiary/aromatic N) is 1. The van der Waals surface area contributed by atoms with Crippen molar-refractivity contribution < 1.29 is 32.6 Å². The lowest BCUT2D eigenvalue weighted by molar-refractivity contribution is -0.155. The third kappa shape index (κ3) is 8.95. The third-order valence-corrected chi connectivity index (χ3v) is 7.03. The number of ether oxygens (including phenoxy) is 2. The summed E-state index contributed by atoms with van der Waals surface area (Å²) in [7, 11) is 0. The van der Waals surface area contributed by atoms with Gasteiger partial charge in [-0.05, 0) is 81.8 Å². The molecule has 0 saturated heterocycles. The Bertz CT molecular complexity index is 1480. The molecule has 4 rings (SSSR count). The van der Waals surface area contributed by atoms with Gasteiger partial charge in [0.15, 0.2) is 11.8 Å². The number of halogens is 2. The maximum Gasteiger partial charge on any atom is 0.411 e. The fraction of sp³-hybridized carbons (Fsp3) is 0.353. The zero-order chi connectivity index (χ0) is 31.9. The number of Topliss-reactive ketones (excluding diaryl/α,β-unsaturated/α-hetero) is 1. The monoisotopic (exact) mass is 605 g/mol. The smallest absolute Gasteiger partial charge is 0.411 e. The summed E-state index contributed by atoms with van der Waals surface area (Å²) in [6.07, 6.45) is 2.25. The number of hydrogen-bond acceptors (Lipinski definition) is 6. The predicted octanol–water partition coefficient (Wildman–Crippen LogP) is 7.59. The van der Waals surface area contributed by atoms with Gasteiger partial charge in [-0.15, -0.1) is 0 Å². The van der Waals surface area contributed by atoms with Crippen LogP contribution in [0.5, 0.6) is 0 Å². The van der Waals surface area contributed by atoms with Gasteiger partial charge in [0.25, 0.3) is 0 Å². The fourth-order valence-corrected chi connectivity index (χ4v) is 4.98. The average Bonchev–Trinajstić information content (AvgIpc) is 3.46. The van der Waals surface area contributed by atoms with Crippen molar-refractivity contribution in [3.8, 4) is 0 Å². The lowest BCUT2D eigenvalue weighted by Crippen LogP contribution is -2.43. The Morgan fingerprint density at radius 2 is 1.64 bits per heavy atom. The van der Waals surface area contributed by atoms with Crippen molar-refractivity contribution >= 4 is 29.4 Å². The molecule has 0 aliphatic heterocycles. The lowest BCUT2D eigenvalue weighted by Gasteiger charge is -2.33. The van der Waals surface area contributed by atoms with E-state index in [1.54, 1.807) is 69.3 Å². The second-order valence-corrected chi connectivity index (χ2v) is 11.8. The van der Waals surface area contributed by atoms with Crippen molar-refractivity contribution in [1.82, 2.24) is 4.90 Å². The van der Waals surface area contributed by atoms with Gasteiger partial charge in [-0.1, -0.05) is 42.5 Å². The Labute approximate surface area is 255 Å². The van der Waals surface area contributed by atoms with Gasteiger partial charge in [-0.25, -0.2) is 18.4 Å². The summed E-state index contributed by atoms with van der Waals surface area (Å²) in [5.74, 6) is -3.15. The summed E-state index contributed by atoms with van der Waals surface area (Å²) in [5.41, 5.74) is 0.640. The highest BCUT2D eigenvalue weighted by atomic mass is 19.1. The van der Waals surface area contributed by atoms with Crippen molar-refractivity contribution in [2.24, 2.45) is 0 Å². The molecular formula is C34H37F2N3O5. The first kappa shape index (κ1) is 32.3. The number of ketones is 1. The van der Waals surface area contributed by atoms with Gasteiger partial charge in [-0.2, -0.15) is 0 Å². The number of hydrogen-bond donors (Lipinski definition) is 2. The quantitative estimate of drug-likeness (QED) is 0.107. The van der Waals surface area contributed by atoms with E-state index in [2.05, 4.69) is 5.32 Å². The number of rotatable bonds is 10. The van der Waals surface area contributed by atoms with Crippen molar-refractivity contribution in [3.63, 3.8) is 0 Å². The Morgan fingerprint density at radius 3 is 2.25 bits per heavy atom. The highest BCUT2D eigenvalue weighted by Crippen LogP contribution is 2.30. The molecule has 0 aromatic heterocycles. The second-order valence-electron chi connectivity index (χ2n) is 11.8. The number of amidine groups is 1.